The summed E-state index contributed by atoms with van der Waals surface area (Å²) in [4.78, 5) is 35.8. The molecule has 3 rings (SSSR count). The van der Waals surface area contributed by atoms with Gasteiger partial charge in [0.25, 0.3) is 0 Å². The first-order valence-corrected chi connectivity index (χ1v) is 10.7. The van der Waals surface area contributed by atoms with Crippen LogP contribution in [-0.4, -0.2) is 44.3 Å². The van der Waals surface area contributed by atoms with Crippen LogP contribution in [0, 0.1) is 0 Å². The molecule has 0 saturated heterocycles. The van der Waals surface area contributed by atoms with Crippen molar-refractivity contribution >= 4 is 29.6 Å². The number of carbonyl (C=O) groups excluding carboxylic acids is 2. The van der Waals surface area contributed by atoms with Gasteiger partial charge < -0.3 is 29.4 Å². The molecule has 0 heterocycles. The highest BCUT2D eigenvalue weighted by molar-refractivity contribution is 6.06. The predicted octanol–water partition coefficient (Wildman–Crippen LogP) is 4.42. The molecule has 0 aliphatic heterocycles. The quantitative estimate of drug-likeness (QED) is 0.316. The maximum atomic E-state index is 12.6. The molecule has 9 nitrogen and oxygen atoms in total. The van der Waals surface area contributed by atoms with Crippen LogP contribution >= 0.6 is 0 Å². The molecule has 0 aliphatic carbocycles. The number of nitrogens with one attached hydrogen (secondary N) is 1. The molecule has 36 heavy (non-hydrogen) atoms. The fourth-order valence-corrected chi connectivity index (χ4v) is 3.26. The number of anilines is 1. The minimum absolute atomic E-state index is 0.0646. The Hall–Kier alpha value is -4.79. The first-order chi connectivity index (χ1) is 17.4. The molecule has 186 valence electrons. The summed E-state index contributed by atoms with van der Waals surface area (Å²) in [6.45, 7) is 0.242. The summed E-state index contributed by atoms with van der Waals surface area (Å²) in [5.41, 5.74) is 1.85. The van der Waals surface area contributed by atoms with E-state index >= 15 is 0 Å². The number of hydrogen-bond donors (Lipinski definition) is 2. The van der Waals surface area contributed by atoms with Gasteiger partial charge in [-0.2, -0.15) is 0 Å². The molecule has 0 fully saturated rings. The molecule has 3 aromatic rings. The summed E-state index contributed by atoms with van der Waals surface area (Å²) in [6.07, 6.45) is 2.84. The summed E-state index contributed by atoms with van der Waals surface area (Å²) < 4.78 is 20.9. The average Bonchev–Trinajstić information content (AvgIpc) is 2.90. The molecule has 0 radical (unpaired) electrons. The first-order valence-electron chi connectivity index (χ1n) is 10.7. The second-order valence-electron chi connectivity index (χ2n) is 7.40. The molecule has 0 aliphatic rings. The Balaban J connectivity index is 1.72. The number of carboxylic acids is 1. The molecule has 0 atom stereocenters. The number of amides is 1. The number of carboxylic acid groups (broad SMARTS) is 1. The van der Waals surface area contributed by atoms with Crippen LogP contribution < -0.4 is 19.5 Å². The fourth-order valence-electron chi connectivity index (χ4n) is 3.26. The first kappa shape index (κ1) is 25.8. The lowest BCUT2D eigenvalue weighted by molar-refractivity contribution is -0.111. The van der Waals surface area contributed by atoms with Gasteiger partial charge in [-0.05, 0) is 29.8 Å². The molecule has 0 saturated carbocycles. The van der Waals surface area contributed by atoms with Gasteiger partial charge in [-0.15, -0.1) is 0 Å². The second-order valence-corrected chi connectivity index (χ2v) is 7.40. The van der Waals surface area contributed by atoms with Crippen LogP contribution in [0.2, 0.25) is 0 Å². The molecule has 0 aromatic heterocycles. The fraction of sp³-hybridized carbons (Fsp3) is 0.148. The van der Waals surface area contributed by atoms with Crippen LogP contribution in [0.4, 0.5) is 5.69 Å². The topological polar surface area (TPSA) is 120 Å². The van der Waals surface area contributed by atoms with Gasteiger partial charge in [0, 0.05) is 23.8 Å². The molecule has 0 bridgehead atoms. The smallest absolute Gasteiger partial charge is 0.337 e. The molecule has 9 heteroatoms. The summed E-state index contributed by atoms with van der Waals surface area (Å²) in [7, 11) is 4.12. The molecule has 0 spiro atoms. The number of ether oxygens (including phenoxy) is 4. The second kappa shape index (κ2) is 12.1. The third-order valence-corrected chi connectivity index (χ3v) is 5.11. The Bertz CT molecular complexity index is 1280. The van der Waals surface area contributed by atoms with Crippen molar-refractivity contribution in [1.82, 2.24) is 0 Å². The van der Waals surface area contributed by atoms with E-state index in [1.165, 1.54) is 39.5 Å². The van der Waals surface area contributed by atoms with Crippen molar-refractivity contribution in [3.8, 4) is 17.2 Å². The van der Waals surface area contributed by atoms with Crippen LogP contribution in [0.1, 0.15) is 31.8 Å². The van der Waals surface area contributed by atoms with E-state index in [2.05, 4.69) is 5.32 Å². The maximum Gasteiger partial charge on any atom is 0.337 e. The van der Waals surface area contributed by atoms with Crippen molar-refractivity contribution < 1.29 is 38.4 Å². The number of benzene rings is 3. The van der Waals surface area contributed by atoms with Gasteiger partial charge in [-0.1, -0.05) is 30.3 Å². The Kier molecular flexibility index (Phi) is 8.66. The number of hydrogen-bond acceptors (Lipinski definition) is 7. The highest BCUT2D eigenvalue weighted by Gasteiger charge is 2.17. The van der Waals surface area contributed by atoms with E-state index < -0.39 is 17.8 Å². The summed E-state index contributed by atoms with van der Waals surface area (Å²) in [6, 6.07) is 16.6. The SMILES string of the molecule is COC(=O)c1ccc(COc2ccccc2C=CC(=O)Nc2cc(OC)c(OC)cc2C(=O)O)cc1. The zero-order chi connectivity index (χ0) is 26.1. The number of methoxy groups -OCH3 is 3. The Morgan fingerprint density at radius 2 is 1.56 bits per heavy atom. The van der Waals surface area contributed by atoms with E-state index in [-0.39, 0.29) is 29.4 Å². The third-order valence-electron chi connectivity index (χ3n) is 5.11. The van der Waals surface area contributed by atoms with E-state index in [9.17, 15) is 19.5 Å². The number of esters is 1. The Morgan fingerprint density at radius 3 is 2.19 bits per heavy atom. The lowest BCUT2D eigenvalue weighted by Crippen LogP contribution is -2.12. The van der Waals surface area contributed by atoms with E-state index in [1.807, 2.05) is 0 Å². The lowest BCUT2D eigenvalue weighted by Gasteiger charge is -2.13. The molecule has 0 unspecified atom stereocenters. The van der Waals surface area contributed by atoms with Crippen molar-refractivity contribution in [3.05, 3.63) is 89.0 Å². The van der Waals surface area contributed by atoms with Crippen LogP contribution in [0.5, 0.6) is 17.2 Å². The van der Waals surface area contributed by atoms with Crippen LogP contribution in [0.3, 0.4) is 0 Å². The van der Waals surface area contributed by atoms with E-state index in [4.69, 9.17) is 18.9 Å². The highest BCUT2D eigenvalue weighted by atomic mass is 16.5. The van der Waals surface area contributed by atoms with E-state index in [0.29, 0.717) is 16.9 Å². The van der Waals surface area contributed by atoms with Crippen molar-refractivity contribution in [3.63, 3.8) is 0 Å². The van der Waals surface area contributed by atoms with Gasteiger partial charge in [-0.25, -0.2) is 9.59 Å². The zero-order valence-corrected chi connectivity index (χ0v) is 19.9. The Morgan fingerprint density at radius 1 is 0.889 bits per heavy atom. The minimum Gasteiger partial charge on any atom is -0.493 e. The molecule has 1 amide bonds. The van der Waals surface area contributed by atoms with Gasteiger partial charge in [0.05, 0.1) is 38.1 Å². The average molecular weight is 491 g/mol. The van der Waals surface area contributed by atoms with Crippen molar-refractivity contribution in [2.45, 2.75) is 6.61 Å². The normalized spacial score (nSPS) is 10.5. The van der Waals surface area contributed by atoms with Crippen molar-refractivity contribution in [1.29, 1.82) is 0 Å². The minimum atomic E-state index is -1.23. The molecular weight excluding hydrogens is 466 g/mol. The van der Waals surface area contributed by atoms with Gasteiger partial charge in [0.2, 0.25) is 5.91 Å². The number of carbonyl (C=O) groups is 3. The van der Waals surface area contributed by atoms with Crippen molar-refractivity contribution in [2.24, 2.45) is 0 Å². The largest absolute Gasteiger partial charge is 0.493 e. The van der Waals surface area contributed by atoms with Crippen LogP contribution in [-0.2, 0) is 16.1 Å². The molecular formula is C27H25NO8. The monoisotopic (exact) mass is 491 g/mol. The Labute approximate surface area is 207 Å². The highest BCUT2D eigenvalue weighted by Crippen LogP contribution is 2.33. The molecule has 3 aromatic carbocycles. The van der Waals surface area contributed by atoms with Gasteiger partial charge in [-0.3, -0.25) is 4.79 Å². The zero-order valence-electron chi connectivity index (χ0n) is 19.9. The van der Waals surface area contributed by atoms with Gasteiger partial charge >= 0.3 is 11.9 Å². The number of aromatic carboxylic acids is 1. The molecule has 2 N–H and O–H groups in total. The number of para-hydroxylation sites is 1. The van der Waals surface area contributed by atoms with Crippen LogP contribution in [0.25, 0.3) is 6.08 Å². The summed E-state index contributed by atoms with van der Waals surface area (Å²) in [5, 5.41) is 12.1. The summed E-state index contributed by atoms with van der Waals surface area (Å²) in [5.74, 6) is -1.14. The van der Waals surface area contributed by atoms with Crippen LogP contribution in [0.15, 0.2) is 66.7 Å². The van der Waals surface area contributed by atoms with Gasteiger partial charge in [0.15, 0.2) is 11.5 Å². The third kappa shape index (κ3) is 6.41. The van der Waals surface area contributed by atoms with E-state index in [1.54, 1.807) is 54.6 Å². The standard InChI is InChI=1S/C27H25NO8/c1-33-23-14-20(26(30)31)21(15-24(23)34-2)28-25(29)13-12-18-6-4-5-7-22(18)36-16-17-8-10-19(11-9-17)27(32)35-3/h4-15H,16H2,1-3H3,(H,28,29)(H,30,31). The predicted molar refractivity (Wildman–Crippen MR) is 133 cm³/mol. The van der Waals surface area contributed by atoms with E-state index in [0.717, 1.165) is 5.56 Å². The number of rotatable bonds is 10. The summed E-state index contributed by atoms with van der Waals surface area (Å²) >= 11 is 0. The van der Waals surface area contributed by atoms with Gasteiger partial charge in [0.1, 0.15) is 12.4 Å². The maximum absolute atomic E-state index is 12.6. The lowest BCUT2D eigenvalue weighted by atomic mass is 10.1. The van der Waals surface area contributed by atoms with Crippen molar-refractivity contribution in [2.75, 3.05) is 26.6 Å².